The first-order valence-electron chi connectivity index (χ1n) is 6.51. The number of hydrogen-bond acceptors (Lipinski definition) is 3. The molecule has 3 nitrogen and oxygen atoms in total. The van der Waals surface area contributed by atoms with Crippen LogP contribution in [0.4, 0.5) is 0 Å². The highest BCUT2D eigenvalue weighted by Crippen LogP contribution is 2.31. The van der Waals surface area contributed by atoms with Crippen LogP contribution in [0.25, 0.3) is 0 Å². The van der Waals surface area contributed by atoms with E-state index in [2.05, 4.69) is 34.9 Å². The molecule has 1 fully saturated rings. The van der Waals surface area contributed by atoms with E-state index >= 15 is 0 Å². The van der Waals surface area contributed by atoms with Gasteiger partial charge in [-0.25, -0.2) is 0 Å². The van der Waals surface area contributed by atoms with E-state index in [1.807, 2.05) is 11.8 Å². The average molecular weight is 262 g/mol. The van der Waals surface area contributed by atoms with E-state index < -0.39 is 0 Å². The molecular formula is C14H18N2OS. The number of rotatable bonds is 2. The van der Waals surface area contributed by atoms with E-state index in [4.69, 9.17) is 0 Å². The second-order valence-electron chi connectivity index (χ2n) is 4.97. The van der Waals surface area contributed by atoms with Crippen molar-refractivity contribution in [2.45, 2.75) is 30.7 Å². The summed E-state index contributed by atoms with van der Waals surface area (Å²) in [5.41, 5.74) is 2.89. The third-order valence-corrected chi connectivity index (χ3v) is 4.76. The predicted molar refractivity (Wildman–Crippen MR) is 74.5 cm³/mol. The summed E-state index contributed by atoms with van der Waals surface area (Å²) >= 11 is 1.98. The fraction of sp³-hybridized carbons (Fsp3) is 0.500. The molecule has 18 heavy (non-hydrogen) atoms. The highest BCUT2D eigenvalue weighted by Gasteiger charge is 2.25. The van der Waals surface area contributed by atoms with Crippen LogP contribution >= 0.6 is 11.8 Å². The molecule has 0 spiro atoms. The summed E-state index contributed by atoms with van der Waals surface area (Å²) in [5, 5.41) is 6.64. The minimum atomic E-state index is 0.187. The number of hydrogen-bond donors (Lipinski definition) is 2. The van der Waals surface area contributed by atoms with Crippen LogP contribution in [0.2, 0.25) is 0 Å². The molecule has 1 aromatic rings. The van der Waals surface area contributed by atoms with Crippen molar-refractivity contribution in [3.8, 4) is 0 Å². The molecule has 2 aliphatic rings. The molecule has 2 unspecified atom stereocenters. The largest absolute Gasteiger partial charge is 0.355 e. The van der Waals surface area contributed by atoms with E-state index in [9.17, 15) is 4.79 Å². The smallest absolute Gasteiger partial charge is 0.220 e. The number of nitrogens with one attached hydrogen (secondary N) is 2. The molecule has 2 N–H and O–H groups in total. The van der Waals surface area contributed by atoms with Gasteiger partial charge in [0.1, 0.15) is 0 Å². The number of carbonyl (C=O) groups is 1. The molecule has 2 heterocycles. The van der Waals surface area contributed by atoms with Crippen molar-refractivity contribution in [1.29, 1.82) is 0 Å². The first-order valence-corrected chi connectivity index (χ1v) is 7.66. The summed E-state index contributed by atoms with van der Waals surface area (Å²) in [6.45, 7) is 0.766. The lowest BCUT2D eigenvalue weighted by atomic mass is 9.99. The van der Waals surface area contributed by atoms with Gasteiger partial charge < -0.3 is 10.6 Å². The number of fused-ring (bicyclic) bond motifs is 1. The maximum atomic E-state index is 11.2. The first-order chi connectivity index (χ1) is 8.83. The second kappa shape index (κ2) is 5.33. The Morgan fingerprint density at radius 3 is 3.06 bits per heavy atom. The Kier molecular flexibility index (Phi) is 3.57. The minimum absolute atomic E-state index is 0.187. The van der Waals surface area contributed by atoms with Crippen molar-refractivity contribution in [2.24, 2.45) is 0 Å². The summed E-state index contributed by atoms with van der Waals surface area (Å²) < 4.78 is 0. The van der Waals surface area contributed by atoms with Gasteiger partial charge in [0.05, 0.1) is 0 Å². The normalized spacial score (nSPS) is 27.4. The van der Waals surface area contributed by atoms with Gasteiger partial charge in [0.25, 0.3) is 0 Å². The molecule has 2 atom stereocenters. The molecule has 0 bridgehead atoms. The lowest BCUT2D eigenvalue weighted by Crippen LogP contribution is -2.47. The fourth-order valence-corrected chi connectivity index (χ4v) is 3.79. The molecule has 4 heteroatoms. The maximum Gasteiger partial charge on any atom is 0.220 e. The van der Waals surface area contributed by atoms with Crippen molar-refractivity contribution in [3.05, 3.63) is 35.4 Å². The molecule has 96 valence electrons. The summed E-state index contributed by atoms with van der Waals surface area (Å²) in [7, 11) is 0. The molecule has 2 aliphatic heterocycles. The van der Waals surface area contributed by atoms with Gasteiger partial charge >= 0.3 is 0 Å². The summed E-state index contributed by atoms with van der Waals surface area (Å²) in [6.07, 6.45) is 1.61. The van der Waals surface area contributed by atoms with Crippen LogP contribution in [0.1, 0.15) is 30.0 Å². The van der Waals surface area contributed by atoms with Gasteiger partial charge in [0, 0.05) is 36.6 Å². The maximum absolute atomic E-state index is 11.2. The Labute approximate surface area is 112 Å². The van der Waals surface area contributed by atoms with E-state index in [1.165, 1.54) is 11.1 Å². The summed E-state index contributed by atoms with van der Waals surface area (Å²) in [5.74, 6) is 2.43. The number of benzene rings is 1. The zero-order chi connectivity index (χ0) is 12.4. The highest BCUT2D eigenvalue weighted by molar-refractivity contribution is 7.98. The Bertz CT molecular complexity index is 439. The molecule has 0 aromatic heterocycles. The molecule has 3 rings (SSSR count). The quantitative estimate of drug-likeness (QED) is 0.854. The average Bonchev–Trinajstić information content (AvgIpc) is 2.42. The Morgan fingerprint density at radius 2 is 2.22 bits per heavy atom. The third-order valence-electron chi connectivity index (χ3n) is 3.67. The van der Waals surface area contributed by atoms with Gasteiger partial charge in [0.15, 0.2) is 0 Å². The Morgan fingerprint density at radius 1 is 1.33 bits per heavy atom. The molecular weight excluding hydrogens is 244 g/mol. The van der Waals surface area contributed by atoms with Crippen LogP contribution in [0.5, 0.6) is 0 Å². The first kappa shape index (κ1) is 12.1. The van der Waals surface area contributed by atoms with Crippen molar-refractivity contribution in [1.82, 2.24) is 10.6 Å². The minimum Gasteiger partial charge on any atom is -0.355 e. The van der Waals surface area contributed by atoms with Crippen molar-refractivity contribution < 1.29 is 4.79 Å². The van der Waals surface area contributed by atoms with Gasteiger partial charge in [-0.1, -0.05) is 24.3 Å². The van der Waals surface area contributed by atoms with Gasteiger partial charge in [-0.05, 0) is 17.5 Å². The standard InChI is InChI=1S/C14H18N2OS/c17-14-6-5-11(7-15-14)16-13-9-18-8-10-3-1-2-4-12(10)13/h1-4,11,13,16H,5-9H2,(H,15,17). The fourth-order valence-electron chi connectivity index (χ4n) is 2.68. The van der Waals surface area contributed by atoms with E-state index in [0.717, 1.165) is 24.5 Å². The van der Waals surface area contributed by atoms with Crippen LogP contribution in [0.15, 0.2) is 24.3 Å². The van der Waals surface area contributed by atoms with Gasteiger partial charge in [0.2, 0.25) is 5.91 Å². The van der Waals surface area contributed by atoms with Crippen LogP contribution < -0.4 is 10.6 Å². The second-order valence-corrected chi connectivity index (χ2v) is 6.00. The lowest BCUT2D eigenvalue weighted by molar-refractivity contribution is -0.122. The number of carbonyl (C=O) groups excluding carboxylic acids is 1. The SMILES string of the molecule is O=C1CCC(NC2CSCc3ccccc32)CN1. The monoisotopic (exact) mass is 262 g/mol. The molecule has 0 aliphatic carbocycles. The molecule has 0 radical (unpaired) electrons. The predicted octanol–water partition coefficient (Wildman–Crippen LogP) is 1.84. The molecule has 1 saturated heterocycles. The lowest BCUT2D eigenvalue weighted by Gasteiger charge is -2.32. The summed E-state index contributed by atoms with van der Waals surface area (Å²) in [4.78, 5) is 11.2. The van der Waals surface area contributed by atoms with E-state index in [-0.39, 0.29) is 5.91 Å². The van der Waals surface area contributed by atoms with Gasteiger partial charge in [-0.2, -0.15) is 11.8 Å². The topological polar surface area (TPSA) is 41.1 Å². The summed E-state index contributed by atoms with van der Waals surface area (Å²) in [6, 6.07) is 9.53. The molecule has 0 saturated carbocycles. The molecule has 1 aromatic carbocycles. The van der Waals surface area contributed by atoms with Gasteiger partial charge in [-0.3, -0.25) is 4.79 Å². The van der Waals surface area contributed by atoms with Crippen LogP contribution in [-0.4, -0.2) is 24.2 Å². The Hall–Kier alpha value is -1.00. The molecule has 1 amide bonds. The third kappa shape index (κ3) is 2.54. The Balaban J connectivity index is 1.69. The van der Waals surface area contributed by atoms with Crippen LogP contribution in [0, 0.1) is 0 Å². The number of thioether (sulfide) groups is 1. The number of amides is 1. The zero-order valence-electron chi connectivity index (χ0n) is 10.3. The highest BCUT2D eigenvalue weighted by atomic mass is 32.2. The van der Waals surface area contributed by atoms with Crippen molar-refractivity contribution >= 4 is 17.7 Å². The number of piperidine rings is 1. The van der Waals surface area contributed by atoms with Crippen LogP contribution in [0.3, 0.4) is 0 Å². The van der Waals surface area contributed by atoms with Gasteiger partial charge in [-0.15, -0.1) is 0 Å². The van der Waals surface area contributed by atoms with Crippen LogP contribution in [-0.2, 0) is 10.5 Å². The van der Waals surface area contributed by atoms with E-state index in [1.54, 1.807) is 0 Å². The van der Waals surface area contributed by atoms with Crippen molar-refractivity contribution in [2.75, 3.05) is 12.3 Å². The van der Waals surface area contributed by atoms with E-state index in [0.29, 0.717) is 18.5 Å². The van der Waals surface area contributed by atoms with Crippen molar-refractivity contribution in [3.63, 3.8) is 0 Å². The zero-order valence-corrected chi connectivity index (χ0v) is 11.1.